The average molecular weight is 486 g/mol. The molecule has 0 N–H and O–H groups in total. The number of sulfone groups is 1. The standard InChI is InChI=1S/C19H23N3O6S3/c1-28-15-4-2-14(3-5-15)18-20-17(12-29-18)19(23)21-7-9-22(10-8-21)31(26,27)16-6-11-30(24,25)13-16/h2-5,12,16H,6-11,13H2,1H3. The molecule has 0 spiro atoms. The van der Waals surface area contributed by atoms with Gasteiger partial charge in [-0.3, -0.25) is 4.79 Å². The number of hydrogen-bond acceptors (Lipinski definition) is 8. The first-order valence-electron chi connectivity index (χ1n) is 9.78. The van der Waals surface area contributed by atoms with Gasteiger partial charge < -0.3 is 9.64 Å². The molecule has 0 bridgehead atoms. The lowest BCUT2D eigenvalue weighted by atomic mass is 10.2. The van der Waals surface area contributed by atoms with Crippen molar-refractivity contribution in [1.82, 2.24) is 14.2 Å². The third-order valence-corrected chi connectivity index (χ3v) is 10.8. The van der Waals surface area contributed by atoms with Crippen LogP contribution in [0, 0.1) is 0 Å². The van der Waals surface area contributed by atoms with Crippen LogP contribution in [-0.2, 0) is 19.9 Å². The zero-order valence-corrected chi connectivity index (χ0v) is 19.4. The Morgan fingerprint density at radius 2 is 1.84 bits per heavy atom. The van der Waals surface area contributed by atoms with Crippen molar-refractivity contribution in [3.63, 3.8) is 0 Å². The summed E-state index contributed by atoms with van der Waals surface area (Å²) in [5.74, 6) is 0.0908. The topological polar surface area (TPSA) is 114 Å². The van der Waals surface area contributed by atoms with Gasteiger partial charge in [0.1, 0.15) is 16.5 Å². The predicted octanol–water partition coefficient (Wildman–Crippen LogP) is 1.09. The van der Waals surface area contributed by atoms with Crippen molar-refractivity contribution < 1.29 is 26.4 Å². The number of hydrogen-bond donors (Lipinski definition) is 0. The molecule has 9 nitrogen and oxygen atoms in total. The van der Waals surface area contributed by atoms with Crippen LogP contribution in [0.5, 0.6) is 5.75 Å². The van der Waals surface area contributed by atoms with Gasteiger partial charge in [-0.25, -0.2) is 21.8 Å². The Morgan fingerprint density at radius 3 is 2.42 bits per heavy atom. The number of piperazine rings is 1. The average Bonchev–Trinajstić information content (AvgIpc) is 3.40. The van der Waals surface area contributed by atoms with Crippen molar-refractivity contribution >= 4 is 37.1 Å². The van der Waals surface area contributed by atoms with Gasteiger partial charge in [0.25, 0.3) is 5.91 Å². The van der Waals surface area contributed by atoms with Crippen LogP contribution in [0.2, 0.25) is 0 Å². The second-order valence-corrected chi connectivity index (χ2v) is 12.8. The fraction of sp³-hybridized carbons (Fsp3) is 0.474. The molecule has 0 saturated carbocycles. The summed E-state index contributed by atoms with van der Waals surface area (Å²) in [6.07, 6.45) is 0.136. The van der Waals surface area contributed by atoms with Crippen LogP contribution < -0.4 is 4.74 Å². The van der Waals surface area contributed by atoms with Crippen molar-refractivity contribution in [2.45, 2.75) is 11.7 Å². The minimum atomic E-state index is -3.69. The quantitative estimate of drug-likeness (QED) is 0.623. The van der Waals surface area contributed by atoms with E-state index in [1.165, 1.54) is 15.6 Å². The zero-order valence-electron chi connectivity index (χ0n) is 16.9. The second kappa shape index (κ2) is 8.49. The molecule has 3 heterocycles. The Bertz CT molecular complexity index is 1170. The lowest BCUT2D eigenvalue weighted by Crippen LogP contribution is -2.52. The Labute approximate surface area is 185 Å². The summed E-state index contributed by atoms with van der Waals surface area (Å²) in [7, 11) is -5.39. The molecule has 1 aromatic carbocycles. The van der Waals surface area contributed by atoms with E-state index in [1.807, 2.05) is 24.3 Å². The van der Waals surface area contributed by atoms with Gasteiger partial charge in [-0.15, -0.1) is 11.3 Å². The molecule has 12 heteroatoms. The van der Waals surface area contributed by atoms with Crippen molar-refractivity contribution in [3.8, 4) is 16.3 Å². The molecule has 2 aliphatic heterocycles. The number of benzene rings is 1. The number of ether oxygens (including phenoxy) is 1. The second-order valence-electron chi connectivity index (χ2n) is 7.53. The van der Waals surface area contributed by atoms with Crippen LogP contribution in [0.1, 0.15) is 16.9 Å². The van der Waals surface area contributed by atoms with Gasteiger partial charge in [0.2, 0.25) is 10.0 Å². The maximum atomic E-state index is 12.8. The van der Waals surface area contributed by atoms with Gasteiger partial charge in [0.15, 0.2) is 9.84 Å². The molecule has 1 atom stereocenters. The zero-order chi connectivity index (χ0) is 22.2. The lowest BCUT2D eigenvalue weighted by Gasteiger charge is -2.34. The highest BCUT2D eigenvalue weighted by Crippen LogP contribution is 2.27. The van der Waals surface area contributed by atoms with Gasteiger partial charge in [-0.1, -0.05) is 0 Å². The Balaban J connectivity index is 1.39. The third-order valence-electron chi connectivity index (χ3n) is 5.56. The Hall–Kier alpha value is -2.02. The molecular formula is C19H23N3O6S3. The van der Waals surface area contributed by atoms with Crippen molar-refractivity contribution in [1.29, 1.82) is 0 Å². The molecule has 0 radical (unpaired) electrons. The number of methoxy groups -OCH3 is 1. The van der Waals surface area contributed by atoms with Crippen LogP contribution >= 0.6 is 11.3 Å². The summed E-state index contributed by atoms with van der Waals surface area (Å²) in [5, 5.41) is 1.54. The first kappa shape index (κ1) is 22.2. The summed E-state index contributed by atoms with van der Waals surface area (Å²) in [4.78, 5) is 18.9. The van der Waals surface area contributed by atoms with Gasteiger partial charge in [-0.2, -0.15) is 4.31 Å². The number of sulfonamides is 1. The molecule has 168 valence electrons. The molecule has 1 amide bonds. The van der Waals surface area contributed by atoms with E-state index in [9.17, 15) is 21.6 Å². The number of carbonyl (C=O) groups is 1. The third kappa shape index (κ3) is 4.61. The summed E-state index contributed by atoms with van der Waals surface area (Å²) in [6.45, 7) is 0.792. The SMILES string of the molecule is COc1ccc(-c2nc(C(=O)N3CCN(S(=O)(=O)C4CCS(=O)(=O)C4)CC3)cs2)cc1. The van der Waals surface area contributed by atoms with Crippen LogP contribution in [0.3, 0.4) is 0 Å². The normalized spacial score (nSPS) is 21.8. The van der Waals surface area contributed by atoms with Gasteiger partial charge in [0.05, 0.1) is 23.9 Å². The van der Waals surface area contributed by atoms with E-state index in [2.05, 4.69) is 4.98 Å². The lowest BCUT2D eigenvalue weighted by molar-refractivity contribution is 0.0692. The van der Waals surface area contributed by atoms with E-state index >= 15 is 0 Å². The number of amides is 1. The first-order valence-corrected chi connectivity index (χ1v) is 14.0. The van der Waals surface area contributed by atoms with E-state index in [0.29, 0.717) is 5.69 Å². The molecule has 1 unspecified atom stereocenters. The van der Waals surface area contributed by atoms with E-state index in [1.54, 1.807) is 17.4 Å². The highest BCUT2D eigenvalue weighted by Gasteiger charge is 2.41. The smallest absolute Gasteiger partial charge is 0.273 e. The summed E-state index contributed by atoms with van der Waals surface area (Å²) in [5.41, 5.74) is 1.21. The van der Waals surface area contributed by atoms with Gasteiger partial charge in [0, 0.05) is 37.1 Å². The minimum absolute atomic E-state index is 0.0876. The molecule has 0 aliphatic carbocycles. The summed E-state index contributed by atoms with van der Waals surface area (Å²) in [6, 6.07) is 7.40. The molecule has 2 aromatic rings. The number of nitrogens with zero attached hydrogens (tertiary/aromatic N) is 3. The number of carbonyl (C=O) groups excluding carboxylic acids is 1. The molecule has 2 aliphatic rings. The van der Waals surface area contributed by atoms with Gasteiger partial charge in [-0.05, 0) is 30.7 Å². The Morgan fingerprint density at radius 1 is 1.16 bits per heavy atom. The van der Waals surface area contributed by atoms with E-state index in [0.717, 1.165) is 16.3 Å². The number of thiazole rings is 1. The highest BCUT2D eigenvalue weighted by atomic mass is 32.2. The molecule has 1 aromatic heterocycles. The summed E-state index contributed by atoms with van der Waals surface area (Å²) >= 11 is 1.37. The van der Waals surface area contributed by atoms with Crippen LogP contribution in [0.25, 0.3) is 10.6 Å². The highest BCUT2D eigenvalue weighted by molar-refractivity contribution is 7.95. The van der Waals surface area contributed by atoms with Gasteiger partial charge >= 0.3 is 0 Å². The van der Waals surface area contributed by atoms with Crippen molar-refractivity contribution in [3.05, 3.63) is 35.3 Å². The molecule has 31 heavy (non-hydrogen) atoms. The van der Waals surface area contributed by atoms with Crippen LogP contribution in [-0.4, -0.2) is 87.0 Å². The molecular weight excluding hydrogens is 462 g/mol. The number of aromatic nitrogens is 1. The fourth-order valence-electron chi connectivity index (χ4n) is 3.75. The molecule has 2 saturated heterocycles. The fourth-order valence-corrected chi connectivity index (χ4v) is 9.06. The molecule has 2 fully saturated rings. The van der Waals surface area contributed by atoms with E-state index in [-0.39, 0.29) is 50.0 Å². The number of rotatable bonds is 5. The van der Waals surface area contributed by atoms with Crippen LogP contribution in [0.4, 0.5) is 0 Å². The minimum Gasteiger partial charge on any atom is -0.497 e. The maximum absolute atomic E-state index is 12.8. The first-order chi connectivity index (χ1) is 14.7. The van der Waals surface area contributed by atoms with Crippen molar-refractivity contribution in [2.75, 3.05) is 44.8 Å². The van der Waals surface area contributed by atoms with Crippen molar-refractivity contribution in [2.24, 2.45) is 0 Å². The summed E-state index contributed by atoms with van der Waals surface area (Å²) < 4.78 is 55.3. The van der Waals surface area contributed by atoms with E-state index < -0.39 is 25.1 Å². The monoisotopic (exact) mass is 485 g/mol. The van der Waals surface area contributed by atoms with Crippen LogP contribution in [0.15, 0.2) is 29.6 Å². The maximum Gasteiger partial charge on any atom is 0.273 e. The predicted molar refractivity (Wildman–Crippen MR) is 118 cm³/mol. The molecule has 4 rings (SSSR count). The van der Waals surface area contributed by atoms with E-state index in [4.69, 9.17) is 4.74 Å². The largest absolute Gasteiger partial charge is 0.497 e. The Kier molecular flexibility index (Phi) is 6.08.